The number of nitrogens with one attached hydrogen (secondary N) is 1. The van der Waals surface area contributed by atoms with E-state index in [2.05, 4.69) is 42.0 Å². The van der Waals surface area contributed by atoms with Crippen molar-refractivity contribution >= 4 is 5.82 Å². The molecule has 1 aliphatic rings. The van der Waals surface area contributed by atoms with Gasteiger partial charge in [0, 0.05) is 30.9 Å². The van der Waals surface area contributed by atoms with Crippen LogP contribution >= 0.6 is 0 Å². The summed E-state index contributed by atoms with van der Waals surface area (Å²) >= 11 is 0. The minimum Gasteiger partial charge on any atom is -0.356 e. The van der Waals surface area contributed by atoms with Crippen LogP contribution in [0.2, 0.25) is 0 Å². The van der Waals surface area contributed by atoms with E-state index < -0.39 is 0 Å². The van der Waals surface area contributed by atoms with Crippen molar-refractivity contribution in [3.63, 3.8) is 0 Å². The third-order valence-electron chi connectivity index (χ3n) is 4.35. The zero-order valence-electron chi connectivity index (χ0n) is 12.0. The fourth-order valence-corrected chi connectivity index (χ4v) is 2.62. The standard InChI is InChI=1S/C15H25N3/c1-11-7-9-18(10-12(11)2)15-14(13(3)16-4)6-5-8-17-15/h5-6,8,11-13,16H,7,9-10H2,1-4H3. The summed E-state index contributed by atoms with van der Waals surface area (Å²) in [6.07, 6.45) is 3.18. The van der Waals surface area contributed by atoms with Gasteiger partial charge in [-0.3, -0.25) is 0 Å². The molecule has 1 aliphatic heterocycles. The molecule has 100 valence electrons. The molecule has 2 heterocycles. The second-order valence-electron chi connectivity index (χ2n) is 5.62. The van der Waals surface area contributed by atoms with E-state index in [1.165, 1.54) is 12.0 Å². The van der Waals surface area contributed by atoms with Crippen molar-refractivity contribution in [1.29, 1.82) is 0 Å². The summed E-state index contributed by atoms with van der Waals surface area (Å²) < 4.78 is 0. The summed E-state index contributed by atoms with van der Waals surface area (Å²) in [6, 6.07) is 4.57. The SMILES string of the molecule is CNC(C)c1cccnc1N1CCC(C)C(C)C1. The van der Waals surface area contributed by atoms with Crippen LogP contribution in [0.25, 0.3) is 0 Å². The van der Waals surface area contributed by atoms with Crippen LogP contribution < -0.4 is 10.2 Å². The van der Waals surface area contributed by atoms with E-state index in [4.69, 9.17) is 0 Å². The highest BCUT2D eigenvalue weighted by molar-refractivity contribution is 5.48. The highest BCUT2D eigenvalue weighted by atomic mass is 15.2. The maximum Gasteiger partial charge on any atom is 0.133 e. The first-order valence-corrected chi connectivity index (χ1v) is 7.00. The average molecular weight is 247 g/mol. The Bertz CT molecular complexity index is 391. The van der Waals surface area contributed by atoms with Crippen LogP contribution in [0.3, 0.4) is 0 Å². The van der Waals surface area contributed by atoms with Crippen molar-refractivity contribution in [2.75, 3.05) is 25.0 Å². The number of piperidine rings is 1. The fraction of sp³-hybridized carbons (Fsp3) is 0.667. The molecule has 1 aromatic rings. The average Bonchev–Trinajstić information content (AvgIpc) is 2.41. The topological polar surface area (TPSA) is 28.2 Å². The maximum absolute atomic E-state index is 4.62. The summed E-state index contributed by atoms with van der Waals surface area (Å²) in [4.78, 5) is 7.07. The van der Waals surface area contributed by atoms with E-state index in [1.54, 1.807) is 0 Å². The number of pyridine rings is 1. The Morgan fingerprint density at radius 2 is 2.17 bits per heavy atom. The first-order valence-electron chi connectivity index (χ1n) is 7.00. The van der Waals surface area contributed by atoms with Gasteiger partial charge in [0.15, 0.2) is 0 Å². The molecule has 0 aliphatic carbocycles. The summed E-state index contributed by atoms with van der Waals surface area (Å²) in [7, 11) is 2.00. The summed E-state index contributed by atoms with van der Waals surface area (Å²) in [5.41, 5.74) is 1.31. The predicted octanol–water partition coefficient (Wildman–Crippen LogP) is 2.84. The molecule has 0 amide bonds. The normalized spacial score (nSPS) is 26.1. The number of aromatic nitrogens is 1. The molecule has 3 atom stereocenters. The van der Waals surface area contributed by atoms with Gasteiger partial charge in [0.05, 0.1) is 0 Å². The van der Waals surface area contributed by atoms with Crippen LogP contribution in [0, 0.1) is 11.8 Å². The van der Waals surface area contributed by atoms with E-state index in [0.717, 1.165) is 30.7 Å². The highest BCUT2D eigenvalue weighted by Gasteiger charge is 2.25. The van der Waals surface area contributed by atoms with Crippen LogP contribution in [-0.2, 0) is 0 Å². The van der Waals surface area contributed by atoms with Crippen LogP contribution in [0.1, 0.15) is 38.8 Å². The van der Waals surface area contributed by atoms with Crippen molar-refractivity contribution in [3.8, 4) is 0 Å². The number of anilines is 1. The molecule has 18 heavy (non-hydrogen) atoms. The molecule has 2 rings (SSSR count). The van der Waals surface area contributed by atoms with Crippen molar-refractivity contribution < 1.29 is 0 Å². The lowest BCUT2D eigenvalue weighted by Crippen LogP contribution is -2.39. The van der Waals surface area contributed by atoms with Crippen LogP contribution in [0.5, 0.6) is 0 Å². The van der Waals surface area contributed by atoms with Crippen molar-refractivity contribution in [2.24, 2.45) is 11.8 Å². The Morgan fingerprint density at radius 3 is 2.83 bits per heavy atom. The van der Waals surface area contributed by atoms with E-state index >= 15 is 0 Å². The van der Waals surface area contributed by atoms with E-state index in [1.807, 2.05) is 19.3 Å². The second kappa shape index (κ2) is 5.70. The quantitative estimate of drug-likeness (QED) is 0.890. The first-order chi connectivity index (χ1) is 8.63. The van der Waals surface area contributed by atoms with E-state index in [0.29, 0.717) is 6.04 Å². The van der Waals surface area contributed by atoms with Crippen LogP contribution in [0.15, 0.2) is 18.3 Å². The van der Waals surface area contributed by atoms with Crippen molar-refractivity contribution in [1.82, 2.24) is 10.3 Å². The summed E-state index contributed by atoms with van der Waals surface area (Å²) in [5.74, 6) is 2.74. The summed E-state index contributed by atoms with van der Waals surface area (Å²) in [5, 5.41) is 3.31. The molecule has 1 N–H and O–H groups in total. The Labute approximate surface area is 111 Å². The third kappa shape index (κ3) is 2.66. The number of rotatable bonds is 3. The molecule has 0 aromatic carbocycles. The lowest BCUT2D eigenvalue weighted by Gasteiger charge is -2.37. The zero-order chi connectivity index (χ0) is 13.1. The van der Waals surface area contributed by atoms with Crippen molar-refractivity contribution in [2.45, 2.75) is 33.2 Å². The van der Waals surface area contributed by atoms with Gasteiger partial charge in [-0.25, -0.2) is 4.98 Å². The van der Waals surface area contributed by atoms with Gasteiger partial charge >= 0.3 is 0 Å². The molecule has 3 heteroatoms. The molecule has 1 fully saturated rings. The van der Waals surface area contributed by atoms with E-state index in [-0.39, 0.29) is 0 Å². The molecule has 0 saturated carbocycles. The maximum atomic E-state index is 4.62. The Kier molecular flexibility index (Phi) is 4.23. The van der Waals surface area contributed by atoms with Gasteiger partial charge in [-0.15, -0.1) is 0 Å². The van der Waals surface area contributed by atoms with Gasteiger partial charge < -0.3 is 10.2 Å². The minimum absolute atomic E-state index is 0.350. The van der Waals surface area contributed by atoms with Gasteiger partial charge in [0.1, 0.15) is 5.82 Å². The second-order valence-corrected chi connectivity index (χ2v) is 5.62. The largest absolute Gasteiger partial charge is 0.356 e. The van der Waals surface area contributed by atoms with Gasteiger partial charge in [-0.1, -0.05) is 19.9 Å². The Morgan fingerprint density at radius 1 is 1.39 bits per heavy atom. The smallest absolute Gasteiger partial charge is 0.133 e. The molecule has 3 unspecified atom stereocenters. The lowest BCUT2D eigenvalue weighted by atomic mass is 9.88. The van der Waals surface area contributed by atoms with Gasteiger partial charge in [0.2, 0.25) is 0 Å². The molecular formula is C15H25N3. The number of hydrogen-bond donors (Lipinski definition) is 1. The number of hydrogen-bond acceptors (Lipinski definition) is 3. The Hall–Kier alpha value is -1.09. The fourth-order valence-electron chi connectivity index (χ4n) is 2.62. The number of nitrogens with zero attached hydrogens (tertiary/aromatic N) is 2. The first kappa shape index (κ1) is 13.3. The summed E-state index contributed by atoms with van der Waals surface area (Å²) in [6.45, 7) is 9.16. The van der Waals surface area contributed by atoms with Crippen LogP contribution in [-0.4, -0.2) is 25.1 Å². The molecule has 1 saturated heterocycles. The van der Waals surface area contributed by atoms with E-state index in [9.17, 15) is 0 Å². The molecular weight excluding hydrogens is 222 g/mol. The predicted molar refractivity (Wildman–Crippen MR) is 76.9 cm³/mol. The Balaban J connectivity index is 2.22. The van der Waals surface area contributed by atoms with Crippen molar-refractivity contribution in [3.05, 3.63) is 23.9 Å². The minimum atomic E-state index is 0.350. The zero-order valence-corrected chi connectivity index (χ0v) is 12.0. The molecule has 0 bridgehead atoms. The molecule has 3 nitrogen and oxygen atoms in total. The molecule has 0 spiro atoms. The van der Waals surface area contributed by atoms with Gasteiger partial charge in [-0.2, -0.15) is 0 Å². The van der Waals surface area contributed by atoms with Gasteiger partial charge in [0.25, 0.3) is 0 Å². The lowest BCUT2D eigenvalue weighted by molar-refractivity contribution is 0.322. The molecule has 0 radical (unpaired) electrons. The monoisotopic (exact) mass is 247 g/mol. The van der Waals surface area contributed by atoms with Crippen LogP contribution in [0.4, 0.5) is 5.82 Å². The molecule has 1 aromatic heterocycles. The van der Waals surface area contributed by atoms with Gasteiger partial charge in [-0.05, 0) is 38.3 Å². The highest BCUT2D eigenvalue weighted by Crippen LogP contribution is 2.30. The third-order valence-corrected chi connectivity index (χ3v) is 4.35.